The van der Waals surface area contributed by atoms with Crippen molar-refractivity contribution in [2.45, 2.75) is 26.5 Å². The van der Waals surface area contributed by atoms with E-state index in [0.717, 1.165) is 0 Å². The van der Waals surface area contributed by atoms with Gasteiger partial charge in [-0.25, -0.2) is 14.8 Å². The second-order valence-corrected chi connectivity index (χ2v) is 4.75. The van der Waals surface area contributed by atoms with Crippen LogP contribution in [0.25, 0.3) is 0 Å². The SMILES string of the molecule is CC(C)Nc1nc(COc2ccccc2)ncc1C(=O)O. The molecule has 0 fully saturated rings. The maximum Gasteiger partial charge on any atom is 0.341 e. The normalized spacial score (nSPS) is 10.4. The molecule has 0 aliphatic heterocycles. The monoisotopic (exact) mass is 287 g/mol. The molecule has 0 radical (unpaired) electrons. The summed E-state index contributed by atoms with van der Waals surface area (Å²) < 4.78 is 5.55. The van der Waals surface area contributed by atoms with Crippen molar-refractivity contribution in [1.29, 1.82) is 0 Å². The van der Waals surface area contributed by atoms with Crippen molar-refractivity contribution < 1.29 is 14.6 Å². The van der Waals surface area contributed by atoms with Crippen LogP contribution in [0.2, 0.25) is 0 Å². The zero-order chi connectivity index (χ0) is 15.2. The Morgan fingerprint density at radius 1 is 1.33 bits per heavy atom. The maximum atomic E-state index is 11.1. The molecule has 110 valence electrons. The van der Waals surface area contributed by atoms with Crippen molar-refractivity contribution in [2.24, 2.45) is 0 Å². The second-order valence-electron chi connectivity index (χ2n) is 4.75. The molecule has 0 unspecified atom stereocenters. The first-order valence-corrected chi connectivity index (χ1v) is 6.60. The average Bonchev–Trinajstić information content (AvgIpc) is 2.45. The van der Waals surface area contributed by atoms with Crippen LogP contribution in [0.4, 0.5) is 5.82 Å². The van der Waals surface area contributed by atoms with E-state index in [-0.39, 0.29) is 18.2 Å². The number of carboxylic acid groups (broad SMARTS) is 1. The van der Waals surface area contributed by atoms with Gasteiger partial charge in [0.25, 0.3) is 0 Å². The lowest BCUT2D eigenvalue weighted by Crippen LogP contribution is -2.17. The Kier molecular flexibility index (Phi) is 4.71. The average molecular weight is 287 g/mol. The van der Waals surface area contributed by atoms with Gasteiger partial charge in [0.1, 0.15) is 23.7 Å². The molecule has 0 bridgehead atoms. The first-order valence-electron chi connectivity index (χ1n) is 6.60. The smallest absolute Gasteiger partial charge is 0.341 e. The number of hydrogen-bond acceptors (Lipinski definition) is 5. The van der Waals surface area contributed by atoms with Crippen molar-refractivity contribution in [2.75, 3.05) is 5.32 Å². The van der Waals surface area contributed by atoms with Gasteiger partial charge in [-0.2, -0.15) is 0 Å². The van der Waals surface area contributed by atoms with Crippen LogP contribution in [0.1, 0.15) is 30.0 Å². The number of benzene rings is 1. The van der Waals surface area contributed by atoms with E-state index in [1.54, 1.807) is 0 Å². The standard InChI is InChI=1S/C15H17N3O3/c1-10(2)17-14-12(15(19)20)8-16-13(18-14)9-21-11-6-4-3-5-7-11/h3-8,10H,9H2,1-2H3,(H,19,20)(H,16,17,18). The molecule has 6 heteroatoms. The summed E-state index contributed by atoms with van der Waals surface area (Å²) in [5.74, 6) is 0.377. The highest BCUT2D eigenvalue weighted by molar-refractivity contribution is 5.92. The molecule has 2 N–H and O–H groups in total. The van der Waals surface area contributed by atoms with Crippen LogP contribution in [-0.2, 0) is 6.61 Å². The number of carboxylic acids is 1. The molecule has 2 rings (SSSR count). The van der Waals surface area contributed by atoms with E-state index in [1.807, 2.05) is 44.2 Å². The minimum absolute atomic E-state index is 0.0483. The summed E-state index contributed by atoms with van der Waals surface area (Å²) in [6.45, 7) is 4.00. The molecule has 0 saturated heterocycles. The van der Waals surface area contributed by atoms with Crippen molar-refractivity contribution in [1.82, 2.24) is 9.97 Å². The fourth-order valence-electron chi connectivity index (χ4n) is 1.69. The number of anilines is 1. The summed E-state index contributed by atoms with van der Waals surface area (Å²) in [7, 11) is 0. The number of rotatable bonds is 6. The lowest BCUT2D eigenvalue weighted by Gasteiger charge is -2.12. The number of nitrogens with one attached hydrogen (secondary N) is 1. The van der Waals surface area contributed by atoms with Gasteiger partial charge in [-0.15, -0.1) is 0 Å². The molecule has 1 aromatic heterocycles. The molecule has 0 aliphatic rings. The van der Waals surface area contributed by atoms with Gasteiger partial charge in [-0.3, -0.25) is 0 Å². The third kappa shape index (κ3) is 4.17. The molecule has 0 atom stereocenters. The number of aromatic carboxylic acids is 1. The molecule has 0 aliphatic carbocycles. The van der Waals surface area contributed by atoms with Crippen LogP contribution in [0, 0.1) is 0 Å². The highest BCUT2D eigenvalue weighted by Crippen LogP contribution is 2.15. The van der Waals surface area contributed by atoms with E-state index in [4.69, 9.17) is 9.84 Å². The molecule has 0 saturated carbocycles. The van der Waals surface area contributed by atoms with E-state index in [9.17, 15) is 4.79 Å². The Morgan fingerprint density at radius 2 is 2.05 bits per heavy atom. The first-order chi connectivity index (χ1) is 10.1. The van der Waals surface area contributed by atoms with Crippen molar-refractivity contribution >= 4 is 11.8 Å². The summed E-state index contributed by atoms with van der Waals surface area (Å²) in [5, 5.41) is 12.1. The minimum Gasteiger partial charge on any atom is -0.486 e. The Hall–Kier alpha value is -2.63. The quantitative estimate of drug-likeness (QED) is 0.849. The maximum absolute atomic E-state index is 11.1. The number of carbonyl (C=O) groups is 1. The van der Waals surface area contributed by atoms with Gasteiger partial charge < -0.3 is 15.2 Å². The molecular weight excluding hydrogens is 270 g/mol. The summed E-state index contributed by atoms with van der Waals surface area (Å²) in [6.07, 6.45) is 1.30. The summed E-state index contributed by atoms with van der Waals surface area (Å²) in [6, 6.07) is 9.37. The van der Waals surface area contributed by atoms with Gasteiger partial charge >= 0.3 is 5.97 Å². The van der Waals surface area contributed by atoms with Crippen LogP contribution in [-0.4, -0.2) is 27.1 Å². The Labute approximate surface area is 122 Å². The van der Waals surface area contributed by atoms with Gasteiger partial charge in [0.15, 0.2) is 5.82 Å². The Morgan fingerprint density at radius 3 is 2.67 bits per heavy atom. The highest BCUT2D eigenvalue weighted by Gasteiger charge is 2.14. The largest absolute Gasteiger partial charge is 0.486 e. The van der Waals surface area contributed by atoms with Crippen LogP contribution < -0.4 is 10.1 Å². The van der Waals surface area contributed by atoms with Crippen molar-refractivity contribution in [3.05, 3.63) is 47.9 Å². The van der Waals surface area contributed by atoms with Crippen LogP contribution in [0.5, 0.6) is 5.75 Å². The fourth-order valence-corrected chi connectivity index (χ4v) is 1.69. The molecule has 0 spiro atoms. The number of hydrogen-bond donors (Lipinski definition) is 2. The van der Waals surface area contributed by atoms with E-state index in [1.165, 1.54) is 6.20 Å². The lowest BCUT2D eigenvalue weighted by molar-refractivity contribution is 0.0697. The van der Waals surface area contributed by atoms with E-state index >= 15 is 0 Å². The third-order valence-corrected chi connectivity index (χ3v) is 2.61. The van der Waals surface area contributed by atoms with E-state index in [0.29, 0.717) is 17.4 Å². The molecule has 6 nitrogen and oxygen atoms in total. The molecule has 21 heavy (non-hydrogen) atoms. The van der Waals surface area contributed by atoms with Gasteiger partial charge in [0.05, 0.1) is 0 Å². The van der Waals surface area contributed by atoms with Gasteiger partial charge in [0.2, 0.25) is 0 Å². The molecule has 2 aromatic rings. The zero-order valence-electron chi connectivity index (χ0n) is 11.9. The van der Waals surface area contributed by atoms with Gasteiger partial charge in [-0.1, -0.05) is 18.2 Å². The summed E-state index contributed by atoms with van der Waals surface area (Å²) >= 11 is 0. The summed E-state index contributed by atoms with van der Waals surface area (Å²) in [5.41, 5.74) is 0.0483. The Balaban J connectivity index is 2.15. The highest BCUT2D eigenvalue weighted by atomic mass is 16.5. The predicted octanol–water partition coefficient (Wildman–Crippen LogP) is 2.57. The molecular formula is C15H17N3O3. The van der Waals surface area contributed by atoms with Crippen LogP contribution in [0.3, 0.4) is 0 Å². The Bertz CT molecular complexity index is 615. The molecule has 1 heterocycles. The molecule has 1 aromatic carbocycles. The lowest BCUT2D eigenvalue weighted by atomic mass is 10.3. The van der Waals surface area contributed by atoms with Crippen molar-refractivity contribution in [3.63, 3.8) is 0 Å². The van der Waals surface area contributed by atoms with Gasteiger partial charge in [0, 0.05) is 12.2 Å². The predicted molar refractivity (Wildman–Crippen MR) is 78.5 cm³/mol. The van der Waals surface area contributed by atoms with Gasteiger partial charge in [-0.05, 0) is 26.0 Å². The number of para-hydroxylation sites is 1. The van der Waals surface area contributed by atoms with Crippen LogP contribution >= 0.6 is 0 Å². The fraction of sp³-hybridized carbons (Fsp3) is 0.267. The van der Waals surface area contributed by atoms with Crippen molar-refractivity contribution in [3.8, 4) is 5.75 Å². The molecule has 0 amide bonds. The second kappa shape index (κ2) is 6.69. The summed E-state index contributed by atoms with van der Waals surface area (Å²) in [4.78, 5) is 19.4. The number of ether oxygens (including phenoxy) is 1. The van der Waals surface area contributed by atoms with E-state index < -0.39 is 5.97 Å². The first kappa shape index (κ1) is 14.8. The third-order valence-electron chi connectivity index (χ3n) is 2.61. The number of aromatic nitrogens is 2. The zero-order valence-corrected chi connectivity index (χ0v) is 11.9. The number of nitrogens with zero attached hydrogens (tertiary/aromatic N) is 2. The van der Waals surface area contributed by atoms with Crippen LogP contribution in [0.15, 0.2) is 36.5 Å². The topological polar surface area (TPSA) is 84.3 Å². The minimum atomic E-state index is -1.06. The van der Waals surface area contributed by atoms with E-state index in [2.05, 4.69) is 15.3 Å².